The third kappa shape index (κ3) is 4.49. The van der Waals surface area contributed by atoms with Crippen LogP contribution in [0.15, 0.2) is 48.5 Å². The van der Waals surface area contributed by atoms with Crippen molar-refractivity contribution < 1.29 is 14.3 Å². The average molecular weight is 434 g/mol. The molecule has 1 aliphatic carbocycles. The normalized spacial score (nSPS) is 20.6. The minimum atomic E-state index is -0.0510. The molecule has 0 aliphatic heterocycles. The predicted octanol–water partition coefficient (Wildman–Crippen LogP) is 5.55. The summed E-state index contributed by atoms with van der Waals surface area (Å²) >= 11 is 0. The first kappa shape index (κ1) is 21.9. The zero-order valence-corrected chi connectivity index (χ0v) is 19.1. The molecule has 32 heavy (non-hydrogen) atoms. The van der Waals surface area contributed by atoms with Crippen LogP contribution in [0.5, 0.6) is 11.5 Å². The van der Waals surface area contributed by atoms with Crippen LogP contribution in [0.4, 0.5) is 11.5 Å². The van der Waals surface area contributed by atoms with Crippen LogP contribution in [0.25, 0.3) is 10.9 Å². The molecule has 168 valence electrons. The Morgan fingerprint density at radius 2 is 1.78 bits per heavy atom. The van der Waals surface area contributed by atoms with Crippen molar-refractivity contribution in [3.63, 3.8) is 0 Å². The van der Waals surface area contributed by atoms with E-state index < -0.39 is 0 Å². The summed E-state index contributed by atoms with van der Waals surface area (Å²) in [5.74, 6) is 2.91. The number of hydrogen-bond donors (Lipinski definition) is 2. The van der Waals surface area contributed by atoms with E-state index in [0.717, 1.165) is 29.4 Å². The second-order valence-corrected chi connectivity index (χ2v) is 8.61. The topological polar surface area (TPSA) is 72.5 Å². The number of para-hydroxylation sites is 1. The molecule has 1 aliphatic rings. The lowest BCUT2D eigenvalue weighted by atomic mass is 9.78. The fourth-order valence-electron chi connectivity index (χ4n) is 4.52. The average Bonchev–Trinajstić information content (AvgIpc) is 2.81. The molecule has 0 spiro atoms. The summed E-state index contributed by atoms with van der Waals surface area (Å²) in [6.07, 6.45) is 3.40. The van der Waals surface area contributed by atoms with Gasteiger partial charge in [0.15, 0.2) is 11.5 Å². The van der Waals surface area contributed by atoms with Crippen LogP contribution in [0.1, 0.15) is 43.5 Å². The van der Waals surface area contributed by atoms with Crippen molar-refractivity contribution in [3.05, 3.63) is 54.1 Å². The van der Waals surface area contributed by atoms with Gasteiger partial charge in [-0.25, -0.2) is 4.98 Å². The molecule has 6 nitrogen and oxygen atoms in total. The molecule has 1 saturated carbocycles. The number of hydrogen-bond acceptors (Lipinski definition) is 5. The molecule has 2 N–H and O–H groups in total. The van der Waals surface area contributed by atoms with Crippen molar-refractivity contribution in [2.75, 3.05) is 19.5 Å². The number of aromatic nitrogens is 1. The number of benzene rings is 2. The van der Waals surface area contributed by atoms with Gasteiger partial charge in [0, 0.05) is 23.2 Å². The van der Waals surface area contributed by atoms with Crippen molar-refractivity contribution in [2.24, 2.45) is 11.8 Å². The maximum Gasteiger partial charge on any atom is 0.252 e. The van der Waals surface area contributed by atoms with Gasteiger partial charge in [-0.1, -0.05) is 44.9 Å². The third-order valence-corrected chi connectivity index (χ3v) is 6.64. The molecule has 6 heteroatoms. The zero-order valence-electron chi connectivity index (χ0n) is 19.1. The zero-order chi connectivity index (χ0) is 22.7. The van der Waals surface area contributed by atoms with Crippen molar-refractivity contribution >= 4 is 28.3 Å². The van der Waals surface area contributed by atoms with Crippen LogP contribution in [0.3, 0.4) is 0 Å². The number of amides is 1. The number of anilines is 2. The first-order valence-corrected chi connectivity index (χ1v) is 11.2. The summed E-state index contributed by atoms with van der Waals surface area (Å²) < 4.78 is 10.7. The molecule has 3 atom stereocenters. The number of pyridine rings is 1. The van der Waals surface area contributed by atoms with Gasteiger partial charge in [0.05, 0.1) is 25.3 Å². The fraction of sp³-hybridized carbons (Fsp3) is 0.385. The monoisotopic (exact) mass is 433 g/mol. The van der Waals surface area contributed by atoms with Gasteiger partial charge < -0.3 is 20.1 Å². The number of rotatable bonds is 6. The van der Waals surface area contributed by atoms with Crippen molar-refractivity contribution in [2.45, 2.75) is 39.2 Å². The summed E-state index contributed by atoms with van der Waals surface area (Å²) in [7, 11) is 3.21. The van der Waals surface area contributed by atoms with E-state index in [1.807, 2.05) is 48.5 Å². The van der Waals surface area contributed by atoms with Crippen molar-refractivity contribution in [3.8, 4) is 11.5 Å². The largest absolute Gasteiger partial charge is 0.493 e. The molecule has 0 radical (unpaired) electrons. The molecule has 4 rings (SSSR count). The van der Waals surface area contributed by atoms with Gasteiger partial charge in [0.25, 0.3) is 5.91 Å². The van der Waals surface area contributed by atoms with Gasteiger partial charge in [-0.15, -0.1) is 0 Å². The maximum absolute atomic E-state index is 13.4. The summed E-state index contributed by atoms with van der Waals surface area (Å²) in [6.45, 7) is 4.51. The Balaban J connectivity index is 1.65. The number of ether oxygens (including phenoxy) is 2. The van der Waals surface area contributed by atoms with Gasteiger partial charge >= 0.3 is 0 Å². The summed E-state index contributed by atoms with van der Waals surface area (Å²) in [5.41, 5.74) is 2.20. The van der Waals surface area contributed by atoms with Crippen LogP contribution in [-0.4, -0.2) is 31.2 Å². The highest BCUT2D eigenvalue weighted by molar-refractivity contribution is 6.07. The Bertz CT molecular complexity index is 1110. The standard InChI is InChI=1S/C26H31N3O3/c1-16-8-7-11-21(17(16)2)29-26(30)20-15-25(28-22-10-6-5-9-19(20)22)27-18-12-13-23(31-3)24(14-18)32-4/h5-6,9-10,12-17,21H,7-8,11H2,1-4H3,(H,27,28)(H,29,30)/t16-,17+,21+/m0/s1. The van der Waals surface area contributed by atoms with Gasteiger partial charge in [-0.3, -0.25) is 4.79 Å². The summed E-state index contributed by atoms with van der Waals surface area (Å²) in [5, 5.41) is 7.46. The lowest BCUT2D eigenvalue weighted by molar-refractivity contribution is 0.0892. The van der Waals surface area contributed by atoms with Gasteiger partial charge in [0.2, 0.25) is 0 Å². The van der Waals surface area contributed by atoms with E-state index in [9.17, 15) is 4.79 Å². The van der Waals surface area contributed by atoms with E-state index in [1.165, 1.54) is 6.42 Å². The number of nitrogens with one attached hydrogen (secondary N) is 2. The van der Waals surface area contributed by atoms with Crippen LogP contribution < -0.4 is 20.1 Å². The second-order valence-electron chi connectivity index (χ2n) is 8.61. The first-order chi connectivity index (χ1) is 15.5. The van der Waals surface area contributed by atoms with E-state index in [1.54, 1.807) is 14.2 Å². The third-order valence-electron chi connectivity index (χ3n) is 6.64. The first-order valence-electron chi connectivity index (χ1n) is 11.2. The molecule has 3 aromatic rings. The smallest absolute Gasteiger partial charge is 0.252 e. The molecular formula is C26H31N3O3. The summed E-state index contributed by atoms with van der Waals surface area (Å²) in [6, 6.07) is 15.3. The minimum Gasteiger partial charge on any atom is -0.493 e. The maximum atomic E-state index is 13.4. The minimum absolute atomic E-state index is 0.0510. The van der Waals surface area contributed by atoms with Crippen LogP contribution in [0.2, 0.25) is 0 Å². The van der Waals surface area contributed by atoms with E-state index in [4.69, 9.17) is 14.5 Å². The van der Waals surface area contributed by atoms with Crippen molar-refractivity contribution in [1.82, 2.24) is 10.3 Å². The summed E-state index contributed by atoms with van der Waals surface area (Å²) in [4.78, 5) is 18.1. The Morgan fingerprint density at radius 3 is 2.56 bits per heavy atom. The number of carbonyl (C=O) groups excluding carboxylic acids is 1. The van der Waals surface area contributed by atoms with Crippen LogP contribution in [0, 0.1) is 11.8 Å². The van der Waals surface area contributed by atoms with E-state index in [2.05, 4.69) is 24.5 Å². The Hall–Kier alpha value is -3.28. The Kier molecular flexibility index (Phi) is 6.49. The molecule has 0 unspecified atom stereocenters. The van der Waals surface area contributed by atoms with E-state index in [0.29, 0.717) is 34.7 Å². The van der Waals surface area contributed by atoms with Crippen LogP contribution in [-0.2, 0) is 0 Å². The molecule has 1 amide bonds. The quantitative estimate of drug-likeness (QED) is 0.533. The molecule has 2 aromatic carbocycles. The molecule has 1 fully saturated rings. The van der Waals surface area contributed by atoms with Gasteiger partial charge in [-0.2, -0.15) is 0 Å². The number of methoxy groups -OCH3 is 2. The highest BCUT2D eigenvalue weighted by Crippen LogP contribution is 2.32. The SMILES string of the molecule is COc1ccc(Nc2cc(C(=O)N[C@@H]3CCC[C@H](C)[C@H]3C)c3ccccc3n2)cc1OC. The number of carbonyl (C=O) groups is 1. The highest BCUT2D eigenvalue weighted by Gasteiger charge is 2.29. The molecule has 0 bridgehead atoms. The fourth-order valence-corrected chi connectivity index (χ4v) is 4.52. The van der Waals surface area contributed by atoms with E-state index in [-0.39, 0.29) is 11.9 Å². The van der Waals surface area contributed by atoms with Crippen LogP contribution >= 0.6 is 0 Å². The molecule has 1 aromatic heterocycles. The predicted molar refractivity (Wildman–Crippen MR) is 128 cm³/mol. The Labute approximate surface area is 189 Å². The number of fused-ring (bicyclic) bond motifs is 1. The number of nitrogens with zero attached hydrogens (tertiary/aromatic N) is 1. The van der Waals surface area contributed by atoms with Gasteiger partial charge in [0.1, 0.15) is 5.82 Å². The molecule has 1 heterocycles. The van der Waals surface area contributed by atoms with Crippen molar-refractivity contribution in [1.29, 1.82) is 0 Å². The lowest BCUT2D eigenvalue weighted by Gasteiger charge is -2.34. The molecule has 0 saturated heterocycles. The Morgan fingerprint density at radius 1 is 1.00 bits per heavy atom. The van der Waals surface area contributed by atoms with Gasteiger partial charge in [-0.05, 0) is 42.5 Å². The molecular weight excluding hydrogens is 402 g/mol. The van der Waals surface area contributed by atoms with E-state index >= 15 is 0 Å². The lowest BCUT2D eigenvalue weighted by Crippen LogP contribution is -2.43. The second kappa shape index (κ2) is 9.47. The highest BCUT2D eigenvalue weighted by atomic mass is 16.5.